The lowest BCUT2D eigenvalue weighted by atomic mass is 10.4. The van der Waals surface area contributed by atoms with Gasteiger partial charge in [0.15, 0.2) is 0 Å². The van der Waals surface area contributed by atoms with Crippen molar-refractivity contribution in [3.8, 4) is 0 Å². The fraction of sp³-hybridized carbons (Fsp3) is 0.167. The summed E-state index contributed by atoms with van der Waals surface area (Å²) in [7, 11) is 0. The fourth-order valence-corrected chi connectivity index (χ4v) is 0.898. The lowest BCUT2D eigenvalue weighted by Crippen LogP contribution is -2.04. The average molecular weight is 188 g/mol. The zero-order valence-electron chi connectivity index (χ0n) is 4.73. The monoisotopic (exact) mass is 187 g/mol. The van der Waals surface area contributed by atoms with Gasteiger partial charge in [-0.3, -0.25) is 4.79 Å². The van der Waals surface area contributed by atoms with Crippen LogP contribution in [0.15, 0.2) is 23.0 Å². The maximum Gasteiger partial charge on any atom is 0.248 e. The molecular formula is C6H6BrNO. The fourth-order valence-electron chi connectivity index (χ4n) is 0.571. The van der Waals surface area contributed by atoms with E-state index in [0.717, 1.165) is 5.69 Å². The Morgan fingerprint density at radius 1 is 1.56 bits per heavy atom. The molecule has 0 amide bonds. The quantitative estimate of drug-likeness (QED) is 0.661. The summed E-state index contributed by atoms with van der Waals surface area (Å²) in [6.45, 7) is 0. The van der Waals surface area contributed by atoms with Gasteiger partial charge in [0.1, 0.15) is 0 Å². The van der Waals surface area contributed by atoms with E-state index in [-0.39, 0.29) is 5.56 Å². The molecule has 0 saturated heterocycles. The topological polar surface area (TPSA) is 32.9 Å². The van der Waals surface area contributed by atoms with Crippen LogP contribution < -0.4 is 5.56 Å². The average Bonchev–Trinajstić information content (AvgIpc) is 1.88. The third kappa shape index (κ3) is 1.68. The van der Waals surface area contributed by atoms with Crippen molar-refractivity contribution in [2.24, 2.45) is 0 Å². The van der Waals surface area contributed by atoms with Gasteiger partial charge in [0.2, 0.25) is 5.56 Å². The molecule has 0 fully saturated rings. The molecule has 0 unspecified atom stereocenters. The number of halogens is 1. The lowest BCUT2D eigenvalue weighted by Gasteiger charge is -1.89. The highest BCUT2D eigenvalue weighted by Gasteiger charge is 1.86. The molecule has 1 rings (SSSR count). The summed E-state index contributed by atoms with van der Waals surface area (Å²) in [5.74, 6) is 0. The van der Waals surface area contributed by atoms with Crippen LogP contribution in [0.3, 0.4) is 0 Å². The van der Waals surface area contributed by atoms with Crippen LogP contribution in [0, 0.1) is 0 Å². The van der Waals surface area contributed by atoms with Crippen LogP contribution in [0.5, 0.6) is 0 Å². The first kappa shape index (κ1) is 6.55. The Labute approximate surface area is 61.0 Å². The number of rotatable bonds is 1. The van der Waals surface area contributed by atoms with Gasteiger partial charge >= 0.3 is 0 Å². The molecule has 9 heavy (non-hydrogen) atoms. The van der Waals surface area contributed by atoms with Crippen molar-refractivity contribution < 1.29 is 0 Å². The summed E-state index contributed by atoms with van der Waals surface area (Å²) in [6, 6.07) is 5.08. The first-order valence-corrected chi connectivity index (χ1v) is 3.69. The molecule has 2 nitrogen and oxygen atoms in total. The van der Waals surface area contributed by atoms with Crippen LogP contribution in [0.2, 0.25) is 0 Å². The Hall–Kier alpha value is -0.570. The first-order valence-electron chi connectivity index (χ1n) is 2.57. The molecule has 48 valence electrons. The molecule has 0 spiro atoms. The largest absolute Gasteiger partial charge is 0.325 e. The molecular weight excluding hydrogens is 182 g/mol. The van der Waals surface area contributed by atoms with Crippen LogP contribution in [-0.2, 0) is 5.33 Å². The Bertz CT molecular complexity index is 243. The number of pyridine rings is 1. The SMILES string of the molecule is O=c1cccc(CBr)[nH]1. The zero-order chi connectivity index (χ0) is 6.69. The minimum atomic E-state index is -0.0491. The number of aromatic amines is 1. The molecule has 0 aromatic carbocycles. The maximum atomic E-state index is 10.6. The summed E-state index contributed by atoms with van der Waals surface area (Å²) < 4.78 is 0. The molecule has 1 N–H and O–H groups in total. The van der Waals surface area contributed by atoms with Crippen LogP contribution >= 0.6 is 15.9 Å². The van der Waals surface area contributed by atoms with E-state index in [9.17, 15) is 4.79 Å². The molecule has 1 heterocycles. The van der Waals surface area contributed by atoms with Crippen molar-refractivity contribution in [2.75, 3.05) is 0 Å². The third-order valence-corrected chi connectivity index (χ3v) is 1.58. The minimum Gasteiger partial charge on any atom is -0.325 e. The van der Waals surface area contributed by atoms with Gasteiger partial charge in [-0.1, -0.05) is 22.0 Å². The Morgan fingerprint density at radius 3 is 2.78 bits per heavy atom. The van der Waals surface area contributed by atoms with Crippen LogP contribution in [-0.4, -0.2) is 4.98 Å². The molecule has 0 aliphatic heterocycles. The Kier molecular flexibility index (Phi) is 2.05. The third-order valence-electron chi connectivity index (χ3n) is 0.973. The van der Waals surface area contributed by atoms with Gasteiger partial charge in [-0.05, 0) is 6.07 Å². The lowest BCUT2D eigenvalue weighted by molar-refractivity contribution is 1.13. The molecule has 0 atom stereocenters. The van der Waals surface area contributed by atoms with E-state index >= 15 is 0 Å². The number of aromatic nitrogens is 1. The second-order valence-corrected chi connectivity index (χ2v) is 2.23. The minimum absolute atomic E-state index is 0.0491. The second kappa shape index (κ2) is 2.82. The van der Waals surface area contributed by atoms with Gasteiger partial charge in [0, 0.05) is 17.1 Å². The number of nitrogens with one attached hydrogen (secondary N) is 1. The van der Waals surface area contributed by atoms with Gasteiger partial charge in [0.25, 0.3) is 0 Å². The van der Waals surface area contributed by atoms with Crippen molar-refractivity contribution in [1.29, 1.82) is 0 Å². The van der Waals surface area contributed by atoms with Gasteiger partial charge < -0.3 is 4.98 Å². The number of alkyl halides is 1. The molecule has 0 aliphatic carbocycles. The molecule has 0 aliphatic rings. The van der Waals surface area contributed by atoms with Crippen molar-refractivity contribution in [2.45, 2.75) is 5.33 Å². The van der Waals surface area contributed by atoms with Crippen LogP contribution in [0.1, 0.15) is 5.69 Å². The normalized spacial score (nSPS) is 9.44. The maximum absolute atomic E-state index is 10.6. The van der Waals surface area contributed by atoms with E-state index < -0.39 is 0 Å². The van der Waals surface area contributed by atoms with Gasteiger partial charge in [-0.15, -0.1) is 0 Å². The Morgan fingerprint density at radius 2 is 2.33 bits per heavy atom. The van der Waals surface area contributed by atoms with E-state index in [2.05, 4.69) is 20.9 Å². The highest BCUT2D eigenvalue weighted by molar-refractivity contribution is 9.08. The van der Waals surface area contributed by atoms with E-state index in [0.29, 0.717) is 5.33 Å². The molecule has 0 saturated carbocycles. The summed E-state index contributed by atoms with van der Waals surface area (Å²) in [5, 5.41) is 0.698. The first-order chi connectivity index (χ1) is 4.33. The standard InChI is InChI=1S/C6H6BrNO/c7-4-5-2-1-3-6(9)8-5/h1-3H,4H2,(H,8,9). The zero-order valence-corrected chi connectivity index (χ0v) is 6.31. The number of H-pyrrole nitrogens is 1. The molecule has 1 aromatic heterocycles. The highest BCUT2D eigenvalue weighted by Crippen LogP contribution is 1.95. The molecule has 0 bridgehead atoms. The predicted molar refractivity (Wildman–Crippen MR) is 39.7 cm³/mol. The van der Waals surface area contributed by atoms with Gasteiger partial charge in [-0.25, -0.2) is 0 Å². The van der Waals surface area contributed by atoms with E-state index in [1.54, 1.807) is 6.07 Å². The molecule has 0 radical (unpaired) electrons. The van der Waals surface area contributed by atoms with Gasteiger partial charge in [0.05, 0.1) is 0 Å². The van der Waals surface area contributed by atoms with E-state index in [1.807, 2.05) is 6.07 Å². The van der Waals surface area contributed by atoms with Crippen LogP contribution in [0.4, 0.5) is 0 Å². The van der Waals surface area contributed by atoms with Crippen molar-refractivity contribution in [3.05, 3.63) is 34.2 Å². The predicted octanol–water partition coefficient (Wildman–Crippen LogP) is 1.27. The summed E-state index contributed by atoms with van der Waals surface area (Å²) in [6.07, 6.45) is 0. The van der Waals surface area contributed by atoms with Crippen molar-refractivity contribution in [3.63, 3.8) is 0 Å². The van der Waals surface area contributed by atoms with Crippen molar-refractivity contribution >= 4 is 15.9 Å². The smallest absolute Gasteiger partial charge is 0.248 e. The van der Waals surface area contributed by atoms with Crippen molar-refractivity contribution in [1.82, 2.24) is 4.98 Å². The van der Waals surface area contributed by atoms with Crippen LogP contribution in [0.25, 0.3) is 0 Å². The van der Waals surface area contributed by atoms with Gasteiger partial charge in [-0.2, -0.15) is 0 Å². The Balaban J connectivity index is 3.08. The number of hydrogen-bond donors (Lipinski definition) is 1. The summed E-state index contributed by atoms with van der Waals surface area (Å²) in [5.41, 5.74) is 0.856. The second-order valence-electron chi connectivity index (χ2n) is 1.67. The molecule has 1 aromatic rings. The summed E-state index contributed by atoms with van der Waals surface area (Å²) in [4.78, 5) is 13.2. The molecule has 3 heteroatoms. The summed E-state index contributed by atoms with van der Waals surface area (Å²) >= 11 is 3.22. The van der Waals surface area contributed by atoms with E-state index in [1.165, 1.54) is 6.07 Å². The highest BCUT2D eigenvalue weighted by atomic mass is 79.9. The van der Waals surface area contributed by atoms with E-state index in [4.69, 9.17) is 0 Å². The number of hydrogen-bond acceptors (Lipinski definition) is 1.